The molecule has 0 radical (unpaired) electrons. The van der Waals surface area contributed by atoms with Gasteiger partial charge in [0.2, 0.25) is 0 Å². The molecule has 14 atom stereocenters. The Morgan fingerprint density at radius 2 is 1.53 bits per heavy atom. The molecule has 6 N–H and O–H groups in total. The minimum atomic E-state index is -1.21. The highest BCUT2D eigenvalue weighted by molar-refractivity contribution is 5.85. The van der Waals surface area contributed by atoms with Gasteiger partial charge in [0.25, 0.3) is 0 Å². The van der Waals surface area contributed by atoms with Crippen molar-refractivity contribution >= 4 is 5.78 Å². The normalized spacial score (nSPS) is 51.4. The molecule has 0 saturated heterocycles. The van der Waals surface area contributed by atoms with Crippen molar-refractivity contribution in [3.8, 4) is 0 Å². The smallest absolute Gasteiger partial charge is 0.137 e. The molecule has 0 amide bonds. The minimum Gasteiger partial charge on any atom is -0.390 e. The molecule has 7 nitrogen and oxygen atoms in total. The third-order valence-corrected chi connectivity index (χ3v) is 10.9. The Labute approximate surface area is 203 Å². The van der Waals surface area contributed by atoms with Crippen LogP contribution < -0.4 is 0 Å². The average molecular weight is 483 g/mol. The van der Waals surface area contributed by atoms with Crippen molar-refractivity contribution < 1.29 is 35.4 Å². The van der Waals surface area contributed by atoms with E-state index in [1.54, 1.807) is 0 Å². The van der Waals surface area contributed by atoms with Crippen molar-refractivity contribution in [3.05, 3.63) is 0 Å². The fraction of sp³-hybridized carbons (Fsp3) is 0.963. The third-order valence-electron chi connectivity index (χ3n) is 10.9. The van der Waals surface area contributed by atoms with E-state index in [4.69, 9.17) is 0 Å². The summed E-state index contributed by atoms with van der Waals surface area (Å²) in [6, 6.07) is 0. The van der Waals surface area contributed by atoms with Gasteiger partial charge in [-0.2, -0.15) is 0 Å². The molecule has 0 spiro atoms. The van der Waals surface area contributed by atoms with Crippen molar-refractivity contribution in [2.24, 2.45) is 52.3 Å². The van der Waals surface area contributed by atoms with Crippen molar-refractivity contribution in [1.29, 1.82) is 0 Å². The van der Waals surface area contributed by atoms with Crippen LogP contribution in [-0.2, 0) is 4.79 Å². The fourth-order valence-electron chi connectivity index (χ4n) is 9.15. The SMILES string of the molecule is CC(C)C[C@@H](O)[C@H](O)[C@@H](C)[C@H]1CC(=O)[C@@H]2[C@@H]3[C@@H](O)[C@H](O)[C@H]4[C@H](O)[C@@H](O)CC[C@]4(C)[C@H]3CC[C@]12C. The van der Waals surface area contributed by atoms with Gasteiger partial charge in [-0.3, -0.25) is 4.79 Å². The zero-order valence-corrected chi connectivity index (χ0v) is 21.3. The standard InChI is InChI=1S/C27H46O7/c1-12(2)10-18(30)22(31)13(3)15-11-17(29)20-19-14(6-8-27(15,20)5)26(4)9-7-16(28)23(32)21(26)25(34)24(19)33/h12-16,18-25,28,30-34H,6-11H2,1-5H3/t13-,14-,15+,16-,18+,19+,20+,21+,22+,23+,24+,25+,26+,27+/m0/s1. The number of Topliss-reactive ketones (excluding diaryl/α,β-unsaturated/α-hetero) is 1. The quantitative estimate of drug-likeness (QED) is 0.349. The van der Waals surface area contributed by atoms with Crippen LogP contribution in [0.3, 0.4) is 0 Å². The lowest BCUT2D eigenvalue weighted by atomic mass is 9.42. The molecule has 0 bridgehead atoms. The summed E-state index contributed by atoms with van der Waals surface area (Å²) in [6.45, 7) is 10.1. The van der Waals surface area contributed by atoms with E-state index in [1.807, 2.05) is 27.7 Å². The number of aliphatic hydroxyl groups excluding tert-OH is 6. The van der Waals surface area contributed by atoms with E-state index in [0.29, 0.717) is 25.7 Å². The molecule has 4 saturated carbocycles. The number of hydrogen-bond donors (Lipinski definition) is 6. The highest BCUT2D eigenvalue weighted by Gasteiger charge is 2.69. The Kier molecular flexibility index (Phi) is 7.07. The molecule has 4 rings (SSSR count). The van der Waals surface area contributed by atoms with Crippen molar-refractivity contribution in [3.63, 3.8) is 0 Å². The number of hydrogen-bond acceptors (Lipinski definition) is 7. The number of aliphatic hydroxyl groups is 6. The van der Waals surface area contributed by atoms with Crippen LogP contribution in [0.5, 0.6) is 0 Å². The molecule has 0 aromatic rings. The first-order valence-corrected chi connectivity index (χ1v) is 13.4. The maximum Gasteiger partial charge on any atom is 0.137 e. The average Bonchev–Trinajstić information content (AvgIpc) is 3.03. The topological polar surface area (TPSA) is 138 Å². The second-order valence-electron chi connectivity index (χ2n) is 13.1. The van der Waals surface area contributed by atoms with Gasteiger partial charge in [0.1, 0.15) is 5.78 Å². The third kappa shape index (κ3) is 3.81. The summed E-state index contributed by atoms with van der Waals surface area (Å²) in [4.78, 5) is 13.6. The van der Waals surface area contributed by atoms with E-state index in [0.717, 1.165) is 12.8 Å². The zero-order chi connectivity index (χ0) is 25.3. The summed E-state index contributed by atoms with van der Waals surface area (Å²) in [5, 5.41) is 65.1. The first kappa shape index (κ1) is 26.5. The molecule has 0 aromatic heterocycles. The van der Waals surface area contributed by atoms with Crippen LogP contribution in [0.25, 0.3) is 0 Å². The molecule has 0 heterocycles. The summed E-state index contributed by atoms with van der Waals surface area (Å²) in [5.41, 5.74) is -0.910. The molecular formula is C27H46O7. The van der Waals surface area contributed by atoms with Gasteiger partial charge in [-0.1, -0.05) is 34.6 Å². The van der Waals surface area contributed by atoms with Crippen LogP contribution in [0.2, 0.25) is 0 Å². The molecular weight excluding hydrogens is 436 g/mol. The van der Waals surface area contributed by atoms with E-state index in [2.05, 4.69) is 6.92 Å². The summed E-state index contributed by atoms with van der Waals surface area (Å²) < 4.78 is 0. The summed E-state index contributed by atoms with van der Waals surface area (Å²) >= 11 is 0. The van der Waals surface area contributed by atoms with Gasteiger partial charge >= 0.3 is 0 Å². The summed E-state index contributed by atoms with van der Waals surface area (Å²) in [7, 11) is 0. The number of carbonyl (C=O) groups excluding carboxylic acids is 1. The number of fused-ring (bicyclic) bond motifs is 5. The Balaban J connectivity index is 1.64. The Morgan fingerprint density at radius 3 is 2.15 bits per heavy atom. The maximum atomic E-state index is 13.6. The van der Waals surface area contributed by atoms with Crippen LogP contribution in [-0.4, -0.2) is 73.0 Å². The Hall–Kier alpha value is -0.570. The van der Waals surface area contributed by atoms with Crippen molar-refractivity contribution in [1.82, 2.24) is 0 Å². The number of carbonyl (C=O) groups is 1. The van der Waals surface area contributed by atoms with E-state index >= 15 is 0 Å². The highest BCUT2D eigenvalue weighted by atomic mass is 16.3. The van der Waals surface area contributed by atoms with Gasteiger partial charge in [-0.25, -0.2) is 0 Å². The van der Waals surface area contributed by atoms with Gasteiger partial charge in [-0.05, 0) is 66.6 Å². The summed E-state index contributed by atoms with van der Waals surface area (Å²) in [6.07, 6.45) is -2.73. The fourth-order valence-corrected chi connectivity index (χ4v) is 9.15. The Bertz CT molecular complexity index is 772. The second-order valence-corrected chi connectivity index (χ2v) is 13.1. The van der Waals surface area contributed by atoms with Crippen LogP contribution >= 0.6 is 0 Å². The molecule has 4 aliphatic carbocycles. The summed E-state index contributed by atoms with van der Waals surface area (Å²) in [5.74, 6) is -1.58. The highest BCUT2D eigenvalue weighted by Crippen LogP contribution is 2.67. The van der Waals surface area contributed by atoms with Crippen LogP contribution in [0.4, 0.5) is 0 Å². The number of ketones is 1. The molecule has 196 valence electrons. The second kappa shape index (κ2) is 9.07. The molecule has 4 fully saturated rings. The van der Waals surface area contributed by atoms with Gasteiger partial charge in [-0.15, -0.1) is 0 Å². The molecule has 4 aliphatic rings. The molecule has 0 aliphatic heterocycles. The van der Waals surface area contributed by atoms with E-state index in [9.17, 15) is 35.4 Å². The molecule has 34 heavy (non-hydrogen) atoms. The van der Waals surface area contributed by atoms with Gasteiger partial charge in [0, 0.05) is 24.2 Å². The molecule has 7 heteroatoms. The van der Waals surface area contributed by atoms with E-state index in [-0.39, 0.29) is 29.5 Å². The van der Waals surface area contributed by atoms with Gasteiger partial charge < -0.3 is 30.6 Å². The van der Waals surface area contributed by atoms with Crippen LogP contribution in [0, 0.1) is 52.3 Å². The van der Waals surface area contributed by atoms with E-state index in [1.165, 1.54) is 0 Å². The lowest BCUT2D eigenvalue weighted by molar-refractivity contribution is -0.250. The maximum absolute atomic E-state index is 13.6. The van der Waals surface area contributed by atoms with E-state index < -0.39 is 65.2 Å². The first-order valence-electron chi connectivity index (χ1n) is 13.4. The molecule has 0 aromatic carbocycles. The van der Waals surface area contributed by atoms with Crippen molar-refractivity contribution in [2.45, 2.75) is 110 Å². The van der Waals surface area contributed by atoms with Gasteiger partial charge in [0.15, 0.2) is 0 Å². The zero-order valence-electron chi connectivity index (χ0n) is 21.3. The predicted octanol–water partition coefficient (Wildman–Crippen LogP) is 1.50. The molecule has 0 unspecified atom stereocenters. The lowest BCUT2D eigenvalue weighted by Gasteiger charge is -2.64. The number of rotatable bonds is 5. The minimum absolute atomic E-state index is 0.0365. The van der Waals surface area contributed by atoms with Crippen LogP contribution in [0.15, 0.2) is 0 Å². The van der Waals surface area contributed by atoms with Gasteiger partial charge in [0.05, 0.1) is 36.6 Å². The monoisotopic (exact) mass is 482 g/mol. The predicted molar refractivity (Wildman–Crippen MR) is 126 cm³/mol. The van der Waals surface area contributed by atoms with Crippen LogP contribution in [0.1, 0.15) is 73.1 Å². The largest absolute Gasteiger partial charge is 0.390 e. The van der Waals surface area contributed by atoms with Crippen molar-refractivity contribution in [2.75, 3.05) is 0 Å². The lowest BCUT2D eigenvalue weighted by Crippen LogP contribution is -2.68. The first-order chi connectivity index (χ1) is 15.8. The Morgan fingerprint density at radius 1 is 0.912 bits per heavy atom.